The minimum absolute atomic E-state index is 0.0434. The Hall–Kier alpha value is -1.59. The third-order valence-electron chi connectivity index (χ3n) is 5.48. The summed E-state index contributed by atoms with van der Waals surface area (Å²) in [7, 11) is 0. The number of fused-ring (bicyclic) bond motifs is 4. The van der Waals surface area contributed by atoms with E-state index >= 15 is 0 Å². The second-order valence-electron chi connectivity index (χ2n) is 6.88. The number of amides is 1. The molecule has 1 amide bonds. The summed E-state index contributed by atoms with van der Waals surface area (Å²) in [6.45, 7) is 1.03. The second kappa shape index (κ2) is 5.71. The molecular weight excluding hydrogens is 396 g/mol. The summed E-state index contributed by atoms with van der Waals surface area (Å²) in [6, 6.07) is 16.9. The SMILES string of the molecule is O=C1N=C(c2ccc(Br)cc2)SC12Cc1ccccc1N1CCCC12. The predicted molar refractivity (Wildman–Crippen MR) is 107 cm³/mol. The molecule has 1 fully saturated rings. The number of rotatable bonds is 1. The van der Waals surface area contributed by atoms with Crippen LogP contribution in [0.1, 0.15) is 24.0 Å². The third kappa shape index (κ3) is 2.32. The van der Waals surface area contributed by atoms with Gasteiger partial charge in [-0.2, -0.15) is 0 Å². The summed E-state index contributed by atoms with van der Waals surface area (Å²) in [5.41, 5.74) is 3.61. The molecule has 1 spiro atoms. The average Bonchev–Trinajstić information content (AvgIpc) is 3.23. The lowest BCUT2D eigenvalue weighted by Gasteiger charge is -2.44. The number of hydrogen-bond donors (Lipinski definition) is 0. The topological polar surface area (TPSA) is 32.7 Å². The van der Waals surface area contributed by atoms with Crippen LogP contribution < -0.4 is 4.90 Å². The van der Waals surface area contributed by atoms with E-state index in [2.05, 4.69) is 50.1 Å². The zero-order valence-corrected chi connectivity index (χ0v) is 16.0. The molecule has 2 unspecified atom stereocenters. The Morgan fingerprint density at radius 1 is 1.16 bits per heavy atom. The van der Waals surface area contributed by atoms with Crippen LogP contribution in [-0.2, 0) is 11.2 Å². The first-order valence-electron chi connectivity index (χ1n) is 8.60. The Bertz CT molecular complexity index is 895. The number of carbonyl (C=O) groups excluding carboxylic acids is 1. The fourth-order valence-corrected chi connectivity index (χ4v) is 6.08. The number of carbonyl (C=O) groups is 1. The molecular formula is C20H17BrN2OS. The molecule has 0 saturated carbocycles. The first-order chi connectivity index (χ1) is 12.2. The van der Waals surface area contributed by atoms with E-state index in [9.17, 15) is 4.79 Å². The number of halogens is 1. The molecule has 126 valence electrons. The monoisotopic (exact) mass is 412 g/mol. The van der Waals surface area contributed by atoms with E-state index in [0.29, 0.717) is 0 Å². The molecule has 5 heteroatoms. The maximum Gasteiger partial charge on any atom is 0.265 e. The van der Waals surface area contributed by atoms with Gasteiger partial charge in [0, 0.05) is 28.7 Å². The van der Waals surface area contributed by atoms with E-state index in [1.807, 2.05) is 24.3 Å². The number of aliphatic imine (C=N–C) groups is 1. The van der Waals surface area contributed by atoms with Crippen molar-refractivity contribution in [2.75, 3.05) is 11.4 Å². The van der Waals surface area contributed by atoms with Gasteiger partial charge in [0.25, 0.3) is 5.91 Å². The van der Waals surface area contributed by atoms with Gasteiger partial charge in [0.05, 0.1) is 6.04 Å². The van der Waals surface area contributed by atoms with E-state index in [-0.39, 0.29) is 11.9 Å². The summed E-state index contributed by atoms with van der Waals surface area (Å²) >= 11 is 5.16. The van der Waals surface area contributed by atoms with Crippen molar-refractivity contribution in [3.8, 4) is 0 Å². The van der Waals surface area contributed by atoms with Crippen molar-refractivity contribution in [2.45, 2.75) is 30.1 Å². The van der Waals surface area contributed by atoms with Crippen LogP contribution in [0.4, 0.5) is 5.69 Å². The number of benzene rings is 2. The van der Waals surface area contributed by atoms with Gasteiger partial charge in [0.15, 0.2) is 0 Å². The molecule has 0 aromatic heterocycles. The van der Waals surface area contributed by atoms with Crippen molar-refractivity contribution in [3.63, 3.8) is 0 Å². The first kappa shape index (κ1) is 15.6. The van der Waals surface area contributed by atoms with Crippen LogP contribution in [0.5, 0.6) is 0 Å². The van der Waals surface area contributed by atoms with Gasteiger partial charge in [-0.05, 0) is 36.6 Å². The molecule has 0 N–H and O–H groups in total. The van der Waals surface area contributed by atoms with Gasteiger partial charge in [-0.1, -0.05) is 58.0 Å². The highest BCUT2D eigenvalue weighted by Gasteiger charge is 2.57. The van der Waals surface area contributed by atoms with E-state index in [1.165, 1.54) is 11.3 Å². The van der Waals surface area contributed by atoms with Gasteiger partial charge in [-0.15, -0.1) is 0 Å². The Balaban J connectivity index is 1.56. The molecule has 0 bridgehead atoms. The summed E-state index contributed by atoms with van der Waals surface area (Å²) < 4.78 is 0.572. The van der Waals surface area contributed by atoms with Crippen LogP contribution in [0.3, 0.4) is 0 Å². The Morgan fingerprint density at radius 3 is 2.80 bits per heavy atom. The largest absolute Gasteiger partial charge is 0.366 e. The highest BCUT2D eigenvalue weighted by Crippen LogP contribution is 2.51. The zero-order chi connectivity index (χ0) is 17.0. The van der Waals surface area contributed by atoms with Crippen LogP contribution in [0, 0.1) is 0 Å². The van der Waals surface area contributed by atoms with E-state index in [1.54, 1.807) is 11.8 Å². The summed E-state index contributed by atoms with van der Waals surface area (Å²) in [5, 5.41) is 0.865. The lowest BCUT2D eigenvalue weighted by molar-refractivity contribution is -0.120. The number of hydrogen-bond acceptors (Lipinski definition) is 3. The second-order valence-corrected chi connectivity index (χ2v) is 9.11. The predicted octanol–water partition coefficient (Wildman–Crippen LogP) is 4.43. The van der Waals surface area contributed by atoms with Crippen molar-refractivity contribution in [2.24, 2.45) is 4.99 Å². The Morgan fingerprint density at radius 2 is 1.96 bits per heavy atom. The van der Waals surface area contributed by atoms with E-state index in [4.69, 9.17) is 0 Å². The van der Waals surface area contributed by atoms with Gasteiger partial charge in [-0.25, -0.2) is 4.99 Å². The smallest absolute Gasteiger partial charge is 0.265 e. The fourth-order valence-electron chi connectivity index (χ4n) is 4.35. The molecule has 3 heterocycles. The standard InChI is InChI=1S/C20H17BrN2OS/c21-15-9-7-13(8-10-15)18-22-19(24)20(25-18)12-14-4-1-2-5-16(14)23-11-3-6-17(20)23/h1-2,4-5,7-10,17H,3,6,11-12H2. The molecule has 3 aliphatic rings. The van der Waals surface area contributed by atoms with E-state index in [0.717, 1.165) is 40.9 Å². The number of thioether (sulfide) groups is 1. The highest BCUT2D eigenvalue weighted by atomic mass is 79.9. The van der Waals surface area contributed by atoms with Gasteiger partial charge in [-0.3, -0.25) is 4.79 Å². The number of para-hydroxylation sites is 1. The number of anilines is 1. The molecule has 2 atom stereocenters. The molecule has 2 aromatic rings. The van der Waals surface area contributed by atoms with Gasteiger partial charge < -0.3 is 4.90 Å². The highest BCUT2D eigenvalue weighted by molar-refractivity contribution is 9.10. The molecule has 0 aliphatic carbocycles. The fraction of sp³-hybridized carbons (Fsp3) is 0.300. The quantitative estimate of drug-likeness (QED) is 0.694. The number of nitrogens with zero attached hydrogens (tertiary/aromatic N) is 2. The van der Waals surface area contributed by atoms with Crippen molar-refractivity contribution < 1.29 is 4.79 Å². The summed E-state index contributed by atoms with van der Waals surface area (Å²) in [6.07, 6.45) is 2.98. The minimum Gasteiger partial charge on any atom is -0.366 e. The minimum atomic E-state index is -0.465. The van der Waals surface area contributed by atoms with Crippen molar-refractivity contribution in [3.05, 3.63) is 64.1 Å². The third-order valence-corrected chi connectivity index (χ3v) is 7.48. The molecule has 25 heavy (non-hydrogen) atoms. The van der Waals surface area contributed by atoms with Crippen LogP contribution in [0.15, 0.2) is 58.0 Å². The van der Waals surface area contributed by atoms with Crippen molar-refractivity contribution in [1.82, 2.24) is 0 Å². The normalized spacial score (nSPS) is 27.4. The zero-order valence-electron chi connectivity index (χ0n) is 13.6. The average molecular weight is 413 g/mol. The first-order valence-corrected chi connectivity index (χ1v) is 10.2. The molecule has 5 rings (SSSR count). The van der Waals surface area contributed by atoms with Gasteiger partial charge in [0.1, 0.15) is 9.79 Å². The van der Waals surface area contributed by atoms with Crippen LogP contribution in [0.2, 0.25) is 0 Å². The van der Waals surface area contributed by atoms with Crippen molar-refractivity contribution >= 4 is 44.3 Å². The lowest BCUT2D eigenvalue weighted by atomic mass is 9.84. The van der Waals surface area contributed by atoms with Gasteiger partial charge >= 0.3 is 0 Å². The van der Waals surface area contributed by atoms with Crippen molar-refractivity contribution in [1.29, 1.82) is 0 Å². The van der Waals surface area contributed by atoms with Crippen LogP contribution in [-0.4, -0.2) is 28.3 Å². The maximum atomic E-state index is 13.1. The summed E-state index contributed by atoms with van der Waals surface area (Å²) in [4.78, 5) is 20.1. The molecule has 3 nitrogen and oxygen atoms in total. The molecule has 0 radical (unpaired) electrons. The Labute approximate surface area is 159 Å². The molecule has 1 saturated heterocycles. The summed E-state index contributed by atoms with van der Waals surface area (Å²) in [5.74, 6) is 0.0434. The Kier molecular flexibility index (Phi) is 3.57. The van der Waals surface area contributed by atoms with E-state index < -0.39 is 4.75 Å². The lowest BCUT2D eigenvalue weighted by Crippen LogP contribution is -2.55. The maximum absolute atomic E-state index is 13.1. The molecule has 2 aromatic carbocycles. The van der Waals surface area contributed by atoms with Gasteiger partial charge in [0.2, 0.25) is 0 Å². The van der Waals surface area contributed by atoms with Crippen LogP contribution >= 0.6 is 27.7 Å². The van der Waals surface area contributed by atoms with Crippen LogP contribution in [0.25, 0.3) is 0 Å². The molecule has 3 aliphatic heterocycles.